The van der Waals surface area contributed by atoms with Gasteiger partial charge in [0.05, 0.1) is 28.6 Å². The zero-order valence-electron chi connectivity index (χ0n) is 18.3. The van der Waals surface area contributed by atoms with Crippen LogP contribution >= 0.6 is 22.9 Å². The molecule has 0 radical (unpaired) electrons. The van der Waals surface area contributed by atoms with Gasteiger partial charge in [-0.3, -0.25) is 9.97 Å². The van der Waals surface area contributed by atoms with Gasteiger partial charge in [0, 0.05) is 33.4 Å². The van der Waals surface area contributed by atoms with Crippen molar-refractivity contribution in [1.29, 1.82) is 0 Å². The molecule has 0 aliphatic heterocycles. The van der Waals surface area contributed by atoms with E-state index < -0.39 is 18.2 Å². The fourth-order valence-corrected chi connectivity index (χ4v) is 4.94. The monoisotopic (exact) mass is 475 g/mol. The highest BCUT2D eigenvalue weighted by Crippen LogP contribution is 2.41. The third-order valence-electron chi connectivity index (χ3n) is 5.25. The zero-order chi connectivity index (χ0) is 23.5. The van der Waals surface area contributed by atoms with Crippen molar-refractivity contribution in [2.45, 2.75) is 45.3 Å². The van der Waals surface area contributed by atoms with Crippen LogP contribution in [-0.2, 0) is 5.60 Å². The summed E-state index contributed by atoms with van der Waals surface area (Å²) in [6.45, 7) is 5.13. The molecule has 0 spiro atoms. The first kappa shape index (κ1) is 24.5. The van der Waals surface area contributed by atoms with Crippen LogP contribution in [0.25, 0.3) is 21.5 Å². The number of hydrogen-bond donors (Lipinski definition) is 3. The van der Waals surface area contributed by atoms with E-state index in [4.69, 9.17) is 17.3 Å². The van der Waals surface area contributed by atoms with Gasteiger partial charge in [0.25, 0.3) is 0 Å². The van der Waals surface area contributed by atoms with E-state index in [9.17, 15) is 14.6 Å². The first-order chi connectivity index (χ1) is 15.3. The summed E-state index contributed by atoms with van der Waals surface area (Å²) < 4.78 is 15.3. The van der Waals surface area contributed by atoms with Gasteiger partial charge in [0.2, 0.25) is 0 Å². The lowest BCUT2D eigenvalue weighted by molar-refractivity contribution is -0.00230. The standard InChI is InChI=1S/C22H21ClFN3O2S.C2H6/c1-22(29,11-28)12-5-7-26-16(9-12)13-6-8-27-17-10-18(30-21(13)17)20(25)19-14(23)3-2-4-15(19)24;1-2/h4-10,20,28-29H,2-3,11,25H2,1H3;1-2H3. The number of pyridine rings is 2. The van der Waals surface area contributed by atoms with E-state index in [0.717, 1.165) is 20.7 Å². The second-order valence-electron chi connectivity index (χ2n) is 7.47. The number of aliphatic hydroxyl groups is 2. The van der Waals surface area contributed by atoms with Crippen LogP contribution in [0, 0.1) is 0 Å². The van der Waals surface area contributed by atoms with Crippen molar-refractivity contribution >= 4 is 33.2 Å². The fourth-order valence-electron chi connectivity index (χ4n) is 3.47. The molecule has 2 unspecified atom stereocenters. The first-order valence-electron chi connectivity index (χ1n) is 10.5. The average molecular weight is 476 g/mol. The summed E-state index contributed by atoms with van der Waals surface area (Å²) in [5.41, 5.74) is 8.07. The Balaban J connectivity index is 0.00000141. The molecule has 0 saturated carbocycles. The van der Waals surface area contributed by atoms with Crippen molar-refractivity contribution in [3.63, 3.8) is 0 Å². The summed E-state index contributed by atoms with van der Waals surface area (Å²) >= 11 is 7.69. The van der Waals surface area contributed by atoms with Crippen LogP contribution in [0.3, 0.4) is 0 Å². The average Bonchev–Trinajstić information content (AvgIpc) is 3.25. The molecule has 4 N–H and O–H groups in total. The van der Waals surface area contributed by atoms with Gasteiger partial charge < -0.3 is 15.9 Å². The van der Waals surface area contributed by atoms with E-state index in [1.807, 2.05) is 26.0 Å². The highest BCUT2D eigenvalue weighted by atomic mass is 35.5. The Bertz CT molecular complexity index is 1170. The van der Waals surface area contributed by atoms with E-state index in [2.05, 4.69) is 9.97 Å². The number of hydrogen-bond acceptors (Lipinski definition) is 6. The lowest BCUT2D eigenvalue weighted by Crippen LogP contribution is -2.25. The Morgan fingerprint density at radius 1 is 1.25 bits per heavy atom. The highest BCUT2D eigenvalue weighted by Gasteiger charge is 2.26. The molecule has 0 saturated heterocycles. The summed E-state index contributed by atoms with van der Waals surface area (Å²) in [6.07, 6.45) is 5.92. The maximum Gasteiger partial charge on any atom is 0.125 e. The number of nitrogens with zero attached hydrogens (tertiary/aromatic N) is 2. The lowest BCUT2D eigenvalue weighted by atomic mass is 9.96. The van der Waals surface area contributed by atoms with Crippen LogP contribution in [0.4, 0.5) is 4.39 Å². The van der Waals surface area contributed by atoms with Gasteiger partial charge in [0.1, 0.15) is 11.4 Å². The molecule has 0 bridgehead atoms. The van der Waals surface area contributed by atoms with Crippen LogP contribution in [0.1, 0.15) is 50.1 Å². The molecule has 0 fully saturated rings. The normalized spacial score (nSPS) is 16.8. The second-order valence-corrected chi connectivity index (χ2v) is 9.01. The number of aliphatic hydroxyl groups excluding tert-OH is 1. The molecule has 32 heavy (non-hydrogen) atoms. The molecule has 8 heteroatoms. The van der Waals surface area contributed by atoms with E-state index in [0.29, 0.717) is 34.7 Å². The van der Waals surface area contributed by atoms with E-state index in [1.165, 1.54) is 17.4 Å². The van der Waals surface area contributed by atoms with Crippen molar-refractivity contribution in [2.24, 2.45) is 5.73 Å². The maximum absolute atomic E-state index is 14.4. The Morgan fingerprint density at radius 3 is 2.66 bits per heavy atom. The third-order valence-corrected chi connectivity index (χ3v) is 6.88. The molecule has 4 rings (SSSR count). The molecule has 0 amide bonds. The molecule has 3 aromatic rings. The van der Waals surface area contributed by atoms with Crippen LogP contribution in [0.2, 0.25) is 0 Å². The minimum Gasteiger partial charge on any atom is -0.393 e. The van der Waals surface area contributed by atoms with Crippen molar-refractivity contribution in [3.8, 4) is 11.3 Å². The molecule has 170 valence electrons. The predicted octanol–water partition coefficient (Wildman–Crippen LogP) is 5.72. The van der Waals surface area contributed by atoms with Gasteiger partial charge in [-0.2, -0.15) is 0 Å². The Labute approximate surface area is 196 Å². The minimum absolute atomic E-state index is 0.329. The van der Waals surface area contributed by atoms with Crippen molar-refractivity contribution in [1.82, 2.24) is 9.97 Å². The molecular weight excluding hydrogens is 449 g/mol. The third kappa shape index (κ3) is 4.77. The molecule has 0 aromatic carbocycles. The second kappa shape index (κ2) is 10.2. The van der Waals surface area contributed by atoms with Gasteiger partial charge in [0.15, 0.2) is 0 Å². The molecular formula is C24H27ClFN3O2S. The number of allylic oxidation sites excluding steroid dienone is 2. The van der Waals surface area contributed by atoms with E-state index in [-0.39, 0.29) is 5.83 Å². The number of nitrogens with two attached hydrogens (primary N) is 1. The molecule has 3 aromatic heterocycles. The fraction of sp³-hybridized carbons (Fsp3) is 0.333. The van der Waals surface area contributed by atoms with Crippen molar-refractivity contribution in [2.75, 3.05) is 6.61 Å². The molecule has 3 heterocycles. The van der Waals surface area contributed by atoms with Crippen LogP contribution in [0.5, 0.6) is 0 Å². The van der Waals surface area contributed by atoms with Crippen LogP contribution < -0.4 is 5.73 Å². The van der Waals surface area contributed by atoms with E-state index in [1.54, 1.807) is 31.5 Å². The highest BCUT2D eigenvalue weighted by molar-refractivity contribution is 7.19. The van der Waals surface area contributed by atoms with Gasteiger partial charge in [-0.1, -0.05) is 25.4 Å². The Kier molecular flexibility index (Phi) is 7.79. The largest absolute Gasteiger partial charge is 0.393 e. The summed E-state index contributed by atoms with van der Waals surface area (Å²) in [4.78, 5) is 9.60. The summed E-state index contributed by atoms with van der Waals surface area (Å²) in [5.74, 6) is -0.370. The first-order valence-corrected chi connectivity index (χ1v) is 11.7. The number of halogens is 2. The molecule has 1 aliphatic carbocycles. The molecule has 5 nitrogen and oxygen atoms in total. The Hall–Kier alpha value is -2.16. The predicted molar refractivity (Wildman–Crippen MR) is 129 cm³/mol. The lowest BCUT2D eigenvalue weighted by Gasteiger charge is -2.21. The Morgan fingerprint density at radius 2 is 1.97 bits per heavy atom. The number of fused-ring (bicyclic) bond motifs is 1. The topological polar surface area (TPSA) is 92.3 Å². The summed E-state index contributed by atoms with van der Waals surface area (Å²) in [6, 6.07) is 6.41. The van der Waals surface area contributed by atoms with Crippen LogP contribution in [-0.4, -0.2) is 26.8 Å². The van der Waals surface area contributed by atoms with E-state index >= 15 is 0 Å². The zero-order valence-corrected chi connectivity index (χ0v) is 19.8. The summed E-state index contributed by atoms with van der Waals surface area (Å²) in [7, 11) is 0. The smallest absolute Gasteiger partial charge is 0.125 e. The molecule has 2 atom stereocenters. The van der Waals surface area contributed by atoms with Gasteiger partial charge >= 0.3 is 0 Å². The molecule has 1 aliphatic rings. The SMILES string of the molecule is CC.CC(O)(CO)c1ccnc(-c2ccnc3cc(C(N)C4=C(Cl)CCC=C4F)sc23)c1. The number of aromatic nitrogens is 2. The van der Waals surface area contributed by atoms with Gasteiger partial charge in [-0.15, -0.1) is 11.3 Å². The number of thiophene rings is 1. The maximum atomic E-state index is 14.4. The quantitative estimate of drug-likeness (QED) is 0.438. The van der Waals surface area contributed by atoms with Gasteiger partial charge in [-0.25, -0.2) is 4.39 Å². The minimum atomic E-state index is -1.37. The summed E-state index contributed by atoms with van der Waals surface area (Å²) in [5, 5.41) is 20.3. The van der Waals surface area contributed by atoms with Crippen molar-refractivity contribution < 1.29 is 14.6 Å². The van der Waals surface area contributed by atoms with Crippen LogP contribution in [0.15, 0.2) is 59.2 Å². The van der Waals surface area contributed by atoms with Gasteiger partial charge in [-0.05, 0) is 55.7 Å². The van der Waals surface area contributed by atoms with Crippen molar-refractivity contribution in [3.05, 3.63) is 69.6 Å². The number of rotatable bonds is 5.